The van der Waals surface area contributed by atoms with Gasteiger partial charge in [-0.2, -0.15) is 0 Å². The molecule has 0 heterocycles. The molecule has 0 bridgehead atoms. The second kappa shape index (κ2) is 56.7. The molecule has 0 aromatic carbocycles. The number of carbonyl (C=O) groups excluding carboxylic acids is 4. The number of ether oxygens (including phenoxy) is 4. The van der Waals surface area contributed by atoms with Crippen LogP contribution in [0, 0.1) is 0 Å². The molecule has 0 saturated heterocycles. The number of phosphoric acid groups is 2. The number of hydrogen-bond donors (Lipinski definition) is 3. The number of aliphatic hydroxyl groups excluding tert-OH is 1. The minimum atomic E-state index is -4.95. The summed E-state index contributed by atoms with van der Waals surface area (Å²) in [5.74, 6) is -2.17. The van der Waals surface area contributed by atoms with Gasteiger partial charge in [-0.15, -0.1) is 0 Å². The molecule has 476 valence electrons. The lowest BCUT2D eigenvalue weighted by Gasteiger charge is -2.21. The SMILES string of the molecule is CCCCCC/C=C\C=C/CCCCCCCC(=O)O[C@H](COC(=O)CCCCCCCCCCCC)COP(=O)(O)OC[C@@H](O)COP(=O)(O)OC[C@@H](COC(=O)CCCCCCCCC)OC(=O)CCCCCCCCCCC. The fraction of sp³-hybridized carbons (Fsp3) is 0.871. The van der Waals surface area contributed by atoms with Crippen molar-refractivity contribution in [1.82, 2.24) is 0 Å². The van der Waals surface area contributed by atoms with Crippen molar-refractivity contribution in [1.29, 1.82) is 0 Å². The third kappa shape index (κ3) is 56.4. The zero-order valence-corrected chi connectivity index (χ0v) is 53.0. The summed E-state index contributed by atoms with van der Waals surface area (Å²) in [6.45, 7) is 4.75. The number of esters is 4. The van der Waals surface area contributed by atoms with E-state index in [1.54, 1.807) is 0 Å². The Morgan fingerprint density at radius 2 is 0.593 bits per heavy atom. The number of aliphatic hydroxyl groups is 1. The van der Waals surface area contributed by atoms with Crippen LogP contribution in [0.3, 0.4) is 0 Å². The van der Waals surface area contributed by atoms with Crippen LogP contribution in [0.4, 0.5) is 0 Å². The van der Waals surface area contributed by atoms with Crippen molar-refractivity contribution >= 4 is 39.5 Å². The molecule has 81 heavy (non-hydrogen) atoms. The van der Waals surface area contributed by atoms with Crippen LogP contribution in [0.1, 0.15) is 291 Å². The van der Waals surface area contributed by atoms with E-state index in [0.717, 1.165) is 116 Å². The average molecular weight is 1200 g/mol. The highest BCUT2D eigenvalue weighted by Gasteiger charge is 2.30. The molecule has 2 unspecified atom stereocenters. The van der Waals surface area contributed by atoms with Gasteiger partial charge in [0.2, 0.25) is 0 Å². The van der Waals surface area contributed by atoms with Gasteiger partial charge in [-0.3, -0.25) is 37.3 Å². The summed E-state index contributed by atoms with van der Waals surface area (Å²) < 4.78 is 67.7. The lowest BCUT2D eigenvalue weighted by Crippen LogP contribution is -2.30. The lowest BCUT2D eigenvalue weighted by atomic mass is 10.1. The Labute approximate surface area is 491 Å². The van der Waals surface area contributed by atoms with E-state index < -0.39 is 97.5 Å². The number of rotatable bonds is 61. The first kappa shape index (κ1) is 78.5. The van der Waals surface area contributed by atoms with E-state index in [-0.39, 0.29) is 25.7 Å². The maximum atomic E-state index is 12.9. The molecule has 0 aliphatic carbocycles. The third-order valence-electron chi connectivity index (χ3n) is 13.7. The average Bonchev–Trinajstić information content (AvgIpc) is 3.44. The summed E-state index contributed by atoms with van der Waals surface area (Å²) in [6.07, 6.45) is 44.0. The van der Waals surface area contributed by atoms with E-state index in [2.05, 4.69) is 52.0 Å². The Hall–Kier alpha value is -2.46. The van der Waals surface area contributed by atoms with Crippen LogP contribution in [-0.2, 0) is 65.4 Å². The molecule has 0 spiro atoms. The number of carbonyl (C=O) groups is 4. The summed E-state index contributed by atoms with van der Waals surface area (Å²) in [7, 11) is -9.89. The second-order valence-electron chi connectivity index (χ2n) is 21.8. The van der Waals surface area contributed by atoms with Crippen molar-refractivity contribution in [3.05, 3.63) is 24.3 Å². The standard InChI is InChI=1S/C62H116O17P2/c1-5-9-13-17-21-24-26-27-28-29-30-33-37-41-45-49-62(67)79-58(53-73-60(65)47-43-39-35-32-25-22-18-14-10-6-2)55-77-81(70,71)75-51-56(63)50-74-80(68,69)76-54-57(52-72-59(64)46-42-38-34-20-16-12-8-4)78-61(66)48-44-40-36-31-23-19-15-11-7-3/h24,26-28,56-58,63H,5-23,25,29-55H2,1-4H3,(H,68,69)(H,70,71)/b26-24-,28-27-/t56-,57+,58+/m0/s1. The second-order valence-corrected chi connectivity index (χ2v) is 24.7. The van der Waals surface area contributed by atoms with Gasteiger partial charge in [-0.25, -0.2) is 9.13 Å². The van der Waals surface area contributed by atoms with Crippen molar-refractivity contribution in [2.45, 2.75) is 309 Å². The number of hydrogen-bond acceptors (Lipinski definition) is 15. The predicted molar refractivity (Wildman–Crippen MR) is 321 cm³/mol. The van der Waals surface area contributed by atoms with Crippen LogP contribution in [0.2, 0.25) is 0 Å². The van der Waals surface area contributed by atoms with Gasteiger partial charge in [-0.1, -0.05) is 238 Å². The van der Waals surface area contributed by atoms with Gasteiger partial charge in [0.15, 0.2) is 12.2 Å². The highest BCUT2D eigenvalue weighted by molar-refractivity contribution is 7.47. The molecular formula is C62H116O17P2. The summed E-state index contributed by atoms with van der Waals surface area (Å²) in [5.41, 5.74) is 0. The first-order chi connectivity index (χ1) is 39.2. The van der Waals surface area contributed by atoms with Crippen LogP contribution >= 0.6 is 15.6 Å². The molecule has 19 heteroatoms. The Morgan fingerprint density at radius 3 is 0.901 bits per heavy atom. The Morgan fingerprint density at radius 1 is 0.346 bits per heavy atom. The van der Waals surface area contributed by atoms with E-state index in [1.165, 1.54) is 96.3 Å². The number of unbranched alkanes of at least 4 members (excludes halogenated alkanes) is 32. The highest BCUT2D eigenvalue weighted by Crippen LogP contribution is 2.45. The molecule has 0 aliphatic heterocycles. The van der Waals surface area contributed by atoms with E-state index in [1.807, 2.05) is 0 Å². The van der Waals surface area contributed by atoms with Crippen molar-refractivity contribution in [2.75, 3.05) is 39.6 Å². The van der Waals surface area contributed by atoms with Crippen LogP contribution < -0.4 is 0 Å². The summed E-state index contributed by atoms with van der Waals surface area (Å²) in [4.78, 5) is 71.9. The summed E-state index contributed by atoms with van der Waals surface area (Å²) >= 11 is 0. The topological polar surface area (TPSA) is 237 Å². The third-order valence-corrected chi connectivity index (χ3v) is 15.6. The summed E-state index contributed by atoms with van der Waals surface area (Å²) in [6, 6.07) is 0. The van der Waals surface area contributed by atoms with Gasteiger partial charge in [0.1, 0.15) is 19.3 Å². The first-order valence-corrected chi connectivity index (χ1v) is 35.1. The Kier molecular flexibility index (Phi) is 54.9. The quantitative estimate of drug-likeness (QED) is 0.0169. The van der Waals surface area contributed by atoms with Crippen LogP contribution in [0.5, 0.6) is 0 Å². The predicted octanol–water partition coefficient (Wildman–Crippen LogP) is 16.7. The lowest BCUT2D eigenvalue weighted by molar-refractivity contribution is -0.161. The molecular weight excluding hydrogens is 1080 g/mol. The minimum Gasteiger partial charge on any atom is -0.462 e. The zero-order valence-electron chi connectivity index (χ0n) is 51.2. The van der Waals surface area contributed by atoms with Crippen LogP contribution in [0.25, 0.3) is 0 Å². The van der Waals surface area contributed by atoms with E-state index in [0.29, 0.717) is 25.7 Å². The minimum absolute atomic E-state index is 0.0852. The Bertz CT molecular complexity index is 1660. The zero-order chi connectivity index (χ0) is 59.8. The smallest absolute Gasteiger partial charge is 0.462 e. The molecule has 17 nitrogen and oxygen atoms in total. The van der Waals surface area contributed by atoms with Crippen LogP contribution in [-0.4, -0.2) is 96.7 Å². The van der Waals surface area contributed by atoms with Crippen LogP contribution in [0.15, 0.2) is 24.3 Å². The fourth-order valence-corrected chi connectivity index (χ4v) is 10.3. The molecule has 0 aromatic rings. The maximum absolute atomic E-state index is 12.9. The van der Waals surface area contributed by atoms with Crippen molar-refractivity contribution < 1.29 is 80.2 Å². The largest absolute Gasteiger partial charge is 0.472 e. The molecule has 5 atom stereocenters. The number of allylic oxidation sites excluding steroid dienone is 4. The van der Waals surface area contributed by atoms with Gasteiger partial charge in [-0.05, 0) is 51.4 Å². The molecule has 0 saturated carbocycles. The first-order valence-electron chi connectivity index (χ1n) is 32.1. The maximum Gasteiger partial charge on any atom is 0.472 e. The molecule has 0 fully saturated rings. The van der Waals surface area contributed by atoms with Gasteiger partial charge >= 0.3 is 39.5 Å². The normalized spacial score (nSPS) is 14.4. The monoisotopic (exact) mass is 1190 g/mol. The van der Waals surface area contributed by atoms with Gasteiger partial charge in [0, 0.05) is 25.7 Å². The van der Waals surface area contributed by atoms with Gasteiger partial charge < -0.3 is 33.8 Å². The van der Waals surface area contributed by atoms with Gasteiger partial charge in [0.05, 0.1) is 26.4 Å². The van der Waals surface area contributed by atoms with Crippen molar-refractivity contribution in [3.8, 4) is 0 Å². The Balaban J connectivity index is 5.23. The number of phosphoric ester groups is 2. The molecule has 0 aromatic heterocycles. The van der Waals surface area contributed by atoms with Crippen molar-refractivity contribution in [3.63, 3.8) is 0 Å². The van der Waals surface area contributed by atoms with E-state index in [4.69, 9.17) is 37.0 Å². The highest BCUT2D eigenvalue weighted by atomic mass is 31.2. The van der Waals surface area contributed by atoms with Crippen molar-refractivity contribution in [2.24, 2.45) is 0 Å². The molecule has 0 rings (SSSR count). The molecule has 0 aliphatic rings. The van der Waals surface area contributed by atoms with E-state index in [9.17, 15) is 43.2 Å². The van der Waals surface area contributed by atoms with E-state index >= 15 is 0 Å². The fourth-order valence-electron chi connectivity index (χ4n) is 8.74. The van der Waals surface area contributed by atoms with Gasteiger partial charge in [0.25, 0.3) is 0 Å². The molecule has 3 N–H and O–H groups in total. The molecule has 0 amide bonds. The summed E-state index contributed by atoms with van der Waals surface area (Å²) in [5, 5.41) is 10.5. The molecule has 0 radical (unpaired) electrons.